The van der Waals surface area contributed by atoms with E-state index in [2.05, 4.69) is 10.3 Å². The first-order valence-electron chi connectivity index (χ1n) is 9.93. The van der Waals surface area contributed by atoms with Crippen molar-refractivity contribution >= 4 is 34.2 Å². The van der Waals surface area contributed by atoms with E-state index in [9.17, 15) is 9.59 Å². The molecule has 3 rings (SSSR count). The van der Waals surface area contributed by atoms with Gasteiger partial charge in [-0.25, -0.2) is 4.79 Å². The normalized spacial score (nSPS) is 12.3. The Labute approximate surface area is 181 Å². The summed E-state index contributed by atoms with van der Waals surface area (Å²) in [6.07, 6.45) is 8.12. The molecule has 1 heterocycles. The van der Waals surface area contributed by atoms with Crippen molar-refractivity contribution in [1.29, 1.82) is 0 Å². The van der Waals surface area contributed by atoms with Crippen molar-refractivity contribution in [2.45, 2.75) is 12.3 Å². The molecule has 0 spiro atoms. The summed E-state index contributed by atoms with van der Waals surface area (Å²) in [4.78, 5) is 30.1. The highest BCUT2D eigenvalue weighted by molar-refractivity contribution is 5.97. The molecule has 0 unspecified atom stereocenters. The van der Waals surface area contributed by atoms with Crippen molar-refractivity contribution in [1.82, 2.24) is 4.98 Å². The van der Waals surface area contributed by atoms with Crippen molar-refractivity contribution in [2.24, 2.45) is 0 Å². The van der Waals surface area contributed by atoms with Gasteiger partial charge in [0, 0.05) is 43.1 Å². The maximum absolute atomic E-state index is 13.2. The summed E-state index contributed by atoms with van der Waals surface area (Å²) in [7, 11) is 3.93. The number of benzene rings is 2. The van der Waals surface area contributed by atoms with E-state index in [1.54, 1.807) is 18.3 Å². The van der Waals surface area contributed by atoms with Crippen molar-refractivity contribution in [3.8, 4) is 0 Å². The number of fused-ring (bicyclic) bond motifs is 1. The summed E-state index contributed by atoms with van der Waals surface area (Å²) < 4.78 is 0. The predicted molar refractivity (Wildman–Crippen MR) is 124 cm³/mol. The van der Waals surface area contributed by atoms with Crippen LogP contribution >= 0.6 is 0 Å². The Morgan fingerprint density at radius 2 is 1.87 bits per heavy atom. The molecule has 6 heteroatoms. The molecule has 158 valence electrons. The van der Waals surface area contributed by atoms with Gasteiger partial charge in [-0.15, -0.1) is 0 Å². The zero-order chi connectivity index (χ0) is 22.2. The average molecular weight is 415 g/mol. The van der Waals surface area contributed by atoms with Crippen LogP contribution in [0.5, 0.6) is 0 Å². The van der Waals surface area contributed by atoms with Crippen LogP contribution < -0.4 is 10.2 Å². The molecule has 0 saturated carbocycles. The standard InChI is InChI=1S/C25H25N3O3/c1-28(2)21-13-10-18(11-14-21)22(8-4-3-5-9-24(29)30)25(31)27-20-12-15-23-19(17-20)7-6-16-26-23/h3-7,9-17,22H,8H2,1-2H3,(H,27,31)(H,29,30)/t22-/m0/s1. The van der Waals surface area contributed by atoms with Crippen LogP contribution in [-0.4, -0.2) is 36.1 Å². The molecular formula is C25H25N3O3. The number of carbonyl (C=O) groups excluding carboxylic acids is 1. The fraction of sp³-hybridized carbons (Fsp3) is 0.160. The zero-order valence-corrected chi connectivity index (χ0v) is 17.5. The van der Waals surface area contributed by atoms with Crippen molar-refractivity contribution in [2.75, 3.05) is 24.3 Å². The Hall–Kier alpha value is -3.93. The number of carbonyl (C=O) groups is 2. The number of pyridine rings is 1. The molecule has 1 atom stereocenters. The number of nitrogens with zero attached hydrogens (tertiary/aromatic N) is 2. The number of carboxylic acid groups (broad SMARTS) is 1. The first-order chi connectivity index (χ1) is 14.9. The Kier molecular flexibility index (Phi) is 7.17. The second-order valence-electron chi connectivity index (χ2n) is 7.30. The minimum Gasteiger partial charge on any atom is -0.478 e. The van der Waals surface area contributed by atoms with E-state index in [0.29, 0.717) is 12.1 Å². The Bertz CT molecular complexity index is 1120. The summed E-state index contributed by atoms with van der Waals surface area (Å²) in [6.45, 7) is 0. The molecule has 6 nitrogen and oxygen atoms in total. The van der Waals surface area contributed by atoms with Crippen LogP contribution in [0.25, 0.3) is 10.9 Å². The molecule has 0 aliphatic rings. The highest BCUT2D eigenvalue weighted by Gasteiger charge is 2.20. The maximum Gasteiger partial charge on any atom is 0.328 e. The highest BCUT2D eigenvalue weighted by Crippen LogP contribution is 2.26. The van der Waals surface area contributed by atoms with Gasteiger partial charge in [-0.05, 0) is 48.4 Å². The number of carboxylic acids is 1. The lowest BCUT2D eigenvalue weighted by Gasteiger charge is -2.18. The summed E-state index contributed by atoms with van der Waals surface area (Å²) in [5, 5.41) is 12.7. The van der Waals surface area contributed by atoms with E-state index < -0.39 is 11.9 Å². The minimum atomic E-state index is -1.01. The van der Waals surface area contributed by atoms with Crippen LogP contribution in [0.4, 0.5) is 11.4 Å². The molecule has 0 saturated heterocycles. The number of aromatic nitrogens is 1. The van der Waals surface area contributed by atoms with E-state index in [4.69, 9.17) is 5.11 Å². The Morgan fingerprint density at radius 1 is 1.10 bits per heavy atom. The third-order valence-electron chi connectivity index (χ3n) is 4.86. The zero-order valence-electron chi connectivity index (χ0n) is 17.5. The number of allylic oxidation sites excluding steroid dienone is 3. The second-order valence-corrected chi connectivity index (χ2v) is 7.30. The fourth-order valence-electron chi connectivity index (χ4n) is 3.21. The monoisotopic (exact) mass is 415 g/mol. The van der Waals surface area contributed by atoms with Gasteiger partial charge in [0.1, 0.15) is 0 Å². The van der Waals surface area contributed by atoms with Crippen molar-refractivity contribution in [3.05, 3.63) is 90.7 Å². The molecule has 2 aromatic carbocycles. The van der Waals surface area contributed by atoms with Gasteiger partial charge in [-0.3, -0.25) is 9.78 Å². The lowest BCUT2D eigenvalue weighted by molar-refractivity contribution is -0.131. The van der Waals surface area contributed by atoms with Crippen molar-refractivity contribution < 1.29 is 14.7 Å². The lowest BCUT2D eigenvalue weighted by Crippen LogP contribution is -2.21. The van der Waals surface area contributed by atoms with Gasteiger partial charge >= 0.3 is 5.97 Å². The minimum absolute atomic E-state index is 0.132. The van der Waals surface area contributed by atoms with Crippen LogP contribution in [0.2, 0.25) is 0 Å². The number of hydrogen-bond donors (Lipinski definition) is 2. The molecule has 1 aromatic heterocycles. The molecule has 1 amide bonds. The van der Waals surface area contributed by atoms with Gasteiger partial charge in [0.25, 0.3) is 0 Å². The molecule has 3 aromatic rings. The predicted octanol–water partition coefficient (Wildman–Crippen LogP) is 4.61. The first-order valence-corrected chi connectivity index (χ1v) is 9.93. The van der Waals surface area contributed by atoms with Crippen LogP contribution in [0.1, 0.15) is 17.9 Å². The molecule has 0 aliphatic carbocycles. The topological polar surface area (TPSA) is 82.5 Å². The summed E-state index contributed by atoms with van der Waals surface area (Å²) in [5.74, 6) is -1.56. The van der Waals surface area contributed by atoms with Gasteiger partial charge in [-0.1, -0.05) is 36.4 Å². The molecule has 0 aliphatic heterocycles. The largest absolute Gasteiger partial charge is 0.478 e. The summed E-state index contributed by atoms with van der Waals surface area (Å²) >= 11 is 0. The molecular weight excluding hydrogens is 390 g/mol. The smallest absolute Gasteiger partial charge is 0.328 e. The Morgan fingerprint density at radius 3 is 2.58 bits per heavy atom. The van der Waals surface area contributed by atoms with Crippen LogP contribution in [0, 0.1) is 0 Å². The molecule has 31 heavy (non-hydrogen) atoms. The van der Waals surface area contributed by atoms with Crippen LogP contribution in [0.3, 0.4) is 0 Å². The van der Waals surface area contributed by atoms with Gasteiger partial charge in [0.15, 0.2) is 0 Å². The summed E-state index contributed by atoms with van der Waals surface area (Å²) in [5.41, 5.74) is 3.50. The van der Waals surface area contributed by atoms with Gasteiger partial charge in [-0.2, -0.15) is 0 Å². The molecule has 2 N–H and O–H groups in total. The maximum atomic E-state index is 13.2. The first kappa shape index (κ1) is 21.8. The van der Waals surface area contributed by atoms with Crippen LogP contribution in [-0.2, 0) is 9.59 Å². The molecule has 0 fully saturated rings. The van der Waals surface area contributed by atoms with Gasteiger partial charge < -0.3 is 15.3 Å². The molecule has 0 bridgehead atoms. The van der Waals surface area contributed by atoms with E-state index in [-0.39, 0.29) is 5.91 Å². The quantitative estimate of drug-likeness (QED) is 0.415. The number of nitrogens with one attached hydrogen (secondary N) is 1. The van der Waals surface area contributed by atoms with E-state index >= 15 is 0 Å². The average Bonchev–Trinajstić information content (AvgIpc) is 2.76. The number of anilines is 2. The van der Waals surface area contributed by atoms with Crippen LogP contribution in [0.15, 0.2) is 85.1 Å². The number of aliphatic carboxylic acids is 1. The highest BCUT2D eigenvalue weighted by atomic mass is 16.4. The van der Waals surface area contributed by atoms with Crippen molar-refractivity contribution in [3.63, 3.8) is 0 Å². The Balaban J connectivity index is 1.82. The number of rotatable bonds is 8. The number of amides is 1. The third-order valence-corrected chi connectivity index (χ3v) is 4.86. The third kappa shape index (κ3) is 6.02. The second kappa shape index (κ2) is 10.2. The summed E-state index contributed by atoms with van der Waals surface area (Å²) in [6, 6.07) is 17.3. The van der Waals surface area contributed by atoms with E-state index in [1.807, 2.05) is 73.6 Å². The van der Waals surface area contributed by atoms with Gasteiger partial charge in [0.2, 0.25) is 5.91 Å². The van der Waals surface area contributed by atoms with E-state index in [1.165, 1.54) is 6.08 Å². The molecule has 0 radical (unpaired) electrons. The lowest BCUT2D eigenvalue weighted by atomic mass is 9.94. The van der Waals surface area contributed by atoms with E-state index in [0.717, 1.165) is 28.2 Å². The SMILES string of the molecule is CN(C)c1ccc([C@H](CC=CC=CC(=O)O)C(=O)Nc2ccc3ncccc3c2)cc1. The number of hydrogen-bond acceptors (Lipinski definition) is 4. The van der Waals surface area contributed by atoms with Gasteiger partial charge in [0.05, 0.1) is 11.4 Å². The fourth-order valence-corrected chi connectivity index (χ4v) is 3.21.